The summed E-state index contributed by atoms with van der Waals surface area (Å²) in [6.45, 7) is 0. The van der Waals surface area contributed by atoms with Crippen molar-refractivity contribution >= 4 is 5.69 Å². The van der Waals surface area contributed by atoms with E-state index in [1.165, 1.54) is 6.20 Å². The minimum Gasteiger partial charge on any atom is -0.397 e. The van der Waals surface area contributed by atoms with E-state index in [1.54, 1.807) is 12.4 Å². The Labute approximate surface area is 75.2 Å². The Balaban J connectivity index is 2.59. The molecule has 0 atom stereocenters. The van der Waals surface area contributed by atoms with E-state index in [4.69, 9.17) is 5.73 Å². The number of nitrogens with zero attached hydrogens (tertiary/aromatic N) is 4. The first-order valence-electron chi connectivity index (χ1n) is 3.83. The summed E-state index contributed by atoms with van der Waals surface area (Å²) in [6.07, 6.45) is 6.70. The fourth-order valence-electron chi connectivity index (χ4n) is 1.14. The van der Waals surface area contributed by atoms with Crippen LogP contribution in [-0.2, 0) is 7.05 Å². The van der Waals surface area contributed by atoms with Crippen LogP contribution in [0, 0.1) is 0 Å². The number of nitrogens with two attached hydrogens (primary N) is 1. The number of hydrogen-bond acceptors (Lipinski definition) is 4. The van der Waals surface area contributed by atoms with E-state index >= 15 is 0 Å². The second kappa shape index (κ2) is 2.85. The molecule has 5 nitrogen and oxygen atoms in total. The number of rotatable bonds is 1. The molecular weight excluding hydrogens is 166 g/mol. The minimum atomic E-state index is 0.587. The number of aromatic nitrogens is 4. The highest BCUT2D eigenvalue weighted by atomic mass is 15.1. The number of nitrogen functional groups attached to an aromatic ring is 1. The lowest BCUT2D eigenvalue weighted by Crippen LogP contribution is -1.98. The third-order valence-electron chi connectivity index (χ3n) is 1.82. The third-order valence-corrected chi connectivity index (χ3v) is 1.82. The average Bonchev–Trinajstić information content (AvgIpc) is 2.52. The molecule has 2 aromatic heterocycles. The van der Waals surface area contributed by atoms with Crippen LogP contribution < -0.4 is 5.73 Å². The minimum absolute atomic E-state index is 0.587. The molecule has 0 amide bonds. The van der Waals surface area contributed by atoms with Gasteiger partial charge < -0.3 is 10.3 Å². The van der Waals surface area contributed by atoms with Gasteiger partial charge in [0.25, 0.3) is 0 Å². The van der Waals surface area contributed by atoms with Crippen LogP contribution in [0.2, 0.25) is 0 Å². The molecule has 0 fully saturated rings. The first kappa shape index (κ1) is 7.72. The molecule has 0 saturated carbocycles. The number of anilines is 1. The molecule has 0 bridgehead atoms. The van der Waals surface area contributed by atoms with Crippen molar-refractivity contribution in [3.8, 4) is 11.4 Å². The Morgan fingerprint density at radius 2 is 2.08 bits per heavy atom. The maximum absolute atomic E-state index is 5.72. The van der Waals surface area contributed by atoms with Crippen LogP contribution in [0.15, 0.2) is 24.8 Å². The molecule has 66 valence electrons. The summed E-state index contributed by atoms with van der Waals surface area (Å²) in [5.41, 5.74) is 7.12. The monoisotopic (exact) mass is 175 g/mol. The van der Waals surface area contributed by atoms with Crippen LogP contribution in [0.5, 0.6) is 0 Å². The molecular formula is C8H9N5. The van der Waals surface area contributed by atoms with Gasteiger partial charge in [-0.3, -0.25) is 0 Å². The van der Waals surface area contributed by atoms with Crippen LogP contribution in [0.25, 0.3) is 11.4 Å². The van der Waals surface area contributed by atoms with Crippen molar-refractivity contribution in [2.75, 3.05) is 5.73 Å². The largest absolute Gasteiger partial charge is 0.397 e. The molecule has 0 spiro atoms. The lowest BCUT2D eigenvalue weighted by molar-refractivity contribution is 0.919. The molecule has 5 heteroatoms. The van der Waals surface area contributed by atoms with Crippen molar-refractivity contribution < 1.29 is 0 Å². The number of hydrogen-bond donors (Lipinski definition) is 1. The van der Waals surface area contributed by atoms with E-state index in [0.29, 0.717) is 5.69 Å². The molecule has 2 rings (SSSR count). The molecule has 0 saturated heterocycles. The molecule has 0 aromatic carbocycles. The highest BCUT2D eigenvalue weighted by Crippen LogP contribution is 2.20. The molecule has 2 N–H and O–H groups in total. The van der Waals surface area contributed by atoms with Gasteiger partial charge in [0.1, 0.15) is 5.82 Å². The predicted molar refractivity (Wildman–Crippen MR) is 48.6 cm³/mol. The maximum atomic E-state index is 5.72. The Kier molecular flexibility index (Phi) is 1.70. The summed E-state index contributed by atoms with van der Waals surface area (Å²) in [5.74, 6) is 0.799. The van der Waals surface area contributed by atoms with Crippen molar-refractivity contribution in [1.82, 2.24) is 19.7 Å². The number of imidazole rings is 1. The summed E-state index contributed by atoms with van der Waals surface area (Å²) in [4.78, 5) is 4.16. The Morgan fingerprint density at radius 3 is 2.69 bits per heavy atom. The second-order valence-corrected chi connectivity index (χ2v) is 2.72. The average molecular weight is 175 g/mol. The van der Waals surface area contributed by atoms with Crippen LogP contribution in [-0.4, -0.2) is 19.7 Å². The van der Waals surface area contributed by atoms with E-state index in [-0.39, 0.29) is 0 Å². The number of aryl methyl sites for hydroxylation is 1. The van der Waals surface area contributed by atoms with Crippen molar-refractivity contribution in [2.24, 2.45) is 7.05 Å². The van der Waals surface area contributed by atoms with Crippen LogP contribution in [0.1, 0.15) is 0 Å². The van der Waals surface area contributed by atoms with Gasteiger partial charge in [0.15, 0.2) is 0 Å². The van der Waals surface area contributed by atoms with Crippen LogP contribution >= 0.6 is 0 Å². The first-order valence-corrected chi connectivity index (χ1v) is 3.83. The predicted octanol–water partition coefficient (Wildman–Crippen LogP) is 0.459. The smallest absolute Gasteiger partial charge is 0.143 e. The topological polar surface area (TPSA) is 69.6 Å². The summed E-state index contributed by atoms with van der Waals surface area (Å²) in [6, 6.07) is 0. The Bertz CT molecular complexity index is 420. The fourth-order valence-corrected chi connectivity index (χ4v) is 1.14. The van der Waals surface area contributed by atoms with Gasteiger partial charge in [-0.05, 0) is 0 Å². The molecule has 0 aliphatic carbocycles. The van der Waals surface area contributed by atoms with Gasteiger partial charge in [0.05, 0.1) is 23.6 Å². The van der Waals surface area contributed by atoms with Crippen LogP contribution in [0.4, 0.5) is 5.69 Å². The van der Waals surface area contributed by atoms with Crippen molar-refractivity contribution in [3.05, 3.63) is 24.8 Å². The standard InChI is InChI=1S/C8H9N5/c1-13-3-2-10-8(13)6-4-11-12-5-7(6)9/h2-5H,1H3,(H2,9,11). The van der Waals surface area contributed by atoms with Crippen LogP contribution in [0.3, 0.4) is 0 Å². The second-order valence-electron chi connectivity index (χ2n) is 2.72. The summed E-state index contributed by atoms with van der Waals surface area (Å²) in [5, 5.41) is 7.43. The Morgan fingerprint density at radius 1 is 1.31 bits per heavy atom. The summed E-state index contributed by atoms with van der Waals surface area (Å²) < 4.78 is 1.88. The first-order chi connectivity index (χ1) is 6.29. The van der Waals surface area contributed by atoms with Crippen molar-refractivity contribution in [3.63, 3.8) is 0 Å². The van der Waals surface area contributed by atoms with Gasteiger partial charge in [-0.15, -0.1) is 0 Å². The van der Waals surface area contributed by atoms with Gasteiger partial charge in [0.2, 0.25) is 0 Å². The molecule has 0 aliphatic heterocycles. The molecule has 13 heavy (non-hydrogen) atoms. The quantitative estimate of drug-likeness (QED) is 0.683. The van der Waals surface area contributed by atoms with Gasteiger partial charge in [-0.25, -0.2) is 4.98 Å². The zero-order chi connectivity index (χ0) is 9.26. The SMILES string of the molecule is Cn1ccnc1-c1cnncc1N. The molecule has 0 aliphatic rings. The van der Waals surface area contributed by atoms with Crippen molar-refractivity contribution in [1.29, 1.82) is 0 Å². The van der Waals surface area contributed by atoms with Gasteiger partial charge >= 0.3 is 0 Å². The van der Waals surface area contributed by atoms with E-state index in [0.717, 1.165) is 11.4 Å². The van der Waals surface area contributed by atoms with Gasteiger partial charge in [0, 0.05) is 19.4 Å². The van der Waals surface area contributed by atoms with Crippen molar-refractivity contribution in [2.45, 2.75) is 0 Å². The zero-order valence-electron chi connectivity index (χ0n) is 7.18. The third kappa shape index (κ3) is 1.24. The molecule has 2 heterocycles. The highest BCUT2D eigenvalue weighted by Gasteiger charge is 2.06. The molecule has 0 unspecified atom stereocenters. The summed E-state index contributed by atoms with van der Waals surface area (Å²) >= 11 is 0. The van der Waals surface area contributed by atoms with Gasteiger partial charge in [-0.2, -0.15) is 10.2 Å². The fraction of sp³-hybridized carbons (Fsp3) is 0.125. The normalized spacial score (nSPS) is 10.2. The zero-order valence-corrected chi connectivity index (χ0v) is 7.18. The summed E-state index contributed by atoms with van der Waals surface area (Å²) in [7, 11) is 1.90. The maximum Gasteiger partial charge on any atom is 0.143 e. The van der Waals surface area contributed by atoms with E-state index < -0.39 is 0 Å². The molecule has 2 aromatic rings. The lowest BCUT2D eigenvalue weighted by Gasteiger charge is -2.02. The van der Waals surface area contributed by atoms with E-state index in [2.05, 4.69) is 15.2 Å². The van der Waals surface area contributed by atoms with E-state index in [1.807, 2.05) is 17.8 Å². The van der Waals surface area contributed by atoms with Gasteiger partial charge in [-0.1, -0.05) is 0 Å². The Hall–Kier alpha value is -1.91. The van der Waals surface area contributed by atoms with E-state index in [9.17, 15) is 0 Å². The lowest BCUT2D eigenvalue weighted by atomic mass is 10.2. The highest BCUT2D eigenvalue weighted by molar-refractivity contribution is 5.69. The molecule has 0 radical (unpaired) electrons.